The minimum atomic E-state index is 0.750. The first-order valence-electron chi connectivity index (χ1n) is 3.02. The maximum absolute atomic E-state index is 3.36. The molecule has 0 radical (unpaired) electrons. The molecule has 1 aliphatic carbocycles. The van der Waals surface area contributed by atoms with Crippen molar-refractivity contribution in [3.63, 3.8) is 0 Å². The fourth-order valence-corrected chi connectivity index (χ4v) is 1.57. The van der Waals surface area contributed by atoms with Gasteiger partial charge in [0.05, 0.1) is 0 Å². The van der Waals surface area contributed by atoms with E-state index in [0.29, 0.717) is 0 Å². The molecule has 0 amide bonds. The summed E-state index contributed by atoms with van der Waals surface area (Å²) in [4.78, 5) is 0. The molecule has 2 rings (SSSR count). The quantitative estimate of drug-likeness (QED) is 0.467. The predicted octanol–water partition coefficient (Wildman–Crippen LogP) is 0.616. The van der Waals surface area contributed by atoms with Crippen molar-refractivity contribution in [3.8, 4) is 0 Å². The molecule has 0 aromatic carbocycles. The summed E-state index contributed by atoms with van der Waals surface area (Å²) in [6.07, 6.45) is 1.49. The maximum Gasteiger partial charge on any atom is 0.000853 e. The predicted molar refractivity (Wildman–Crippen MR) is 29.1 cm³/mol. The minimum Gasteiger partial charge on any atom is -0.316 e. The Kier molecular flexibility index (Phi) is 0.487. The van der Waals surface area contributed by atoms with Gasteiger partial charge < -0.3 is 5.32 Å². The smallest absolute Gasteiger partial charge is 0.000853 e. The third-order valence-electron chi connectivity index (χ3n) is 2.46. The van der Waals surface area contributed by atoms with Gasteiger partial charge in [0.2, 0.25) is 0 Å². The van der Waals surface area contributed by atoms with Crippen LogP contribution in [0.2, 0.25) is 0 Å². The van der Waals surface area contributed by atoms with Crippen LogP contribution in [0.1, 0.15) is 13.3 Å². The molecule has 2 unspecified atom stereocenters. The normalized spacial score (nSPS) is 57.0. The Morgan fingerprint density at radius 3 is 2.71 bits per heavy atom. The summed E-state index contributed by atoms with van der Waals surface area (Å²) in [6, 6.07) is 0. The first-order chi connectivity index (χ1) is 3.31. The monoisotopic (exact) mass is 97.1 g/mol. The number of hydrogen-bond donors (Lipinski definition) is 1. The molecular weight excluding hydrogens is 86.1 g/mol. The molecule has 0 spiro atoms. The second-order valence-electron chi connectivity index (χ2n) is 3.19. The average Bonchev–Trinajstić information content (AvgIpc) is 2.09. The van der Waals surface area contributed by atoms with Crippen LogP contribution in [-0.4, -0.2) is 13.1 Å². The highest BCUT2D eigenvalue weighted by Crippen LogP contribution is 2.54. The largest absolute Gasteiger partial charge is 0.316 e. The van der Waals surface area contributed by atoms with Crippen LogP contribution < -0.4 is 5.32 Å². The Balaban J connectivity index is 2.17. The SMILES string of the molecule is CC12CNCC1C2. The van der Waals surface area contributed by atoms with E-state index >= 15 is 0 Å². The van der Waals surface area contributed by atoms with E-state index in [1.165, 1.54) is 19.5 Å². The number of nitrogens with one attached hydrogen (secondary N) is 1. The van der Waals surface area contributed by atoms with Gasteiger partial charge in [0.25, 0.3) is 0 Å². The topological polar surface area (TPSA) is 12.0 Å². The molecule has 1 saturated carbocycles. The van der Waals surface area contributed by atoms with E-state index in [-0.39, 0.29) is 0 Å². The lowest BCUT2D eigenvalue weighted by molar-refractivity contribution is 0.576. The van der Waals surface area contributed by atoms with Crippen LogP contribution in [0, 0.1) is 11.3 Å². The van der Waals surface area contributed by atoms with Crippen LogP contribution in [0.25, 0.3) is 0 Å². The first kappa shape index (κ1) is 3.90. The summed E-state index contributed by atoms with van der Waals surface area (Å²) in [5.74, 6) is 1.05. The molecule has 1 heteroatoms. The van der Waals surface area contributed by atoms with Crippen molar-refractivity contribution in [1.82, 2.24) is 5.32 Å². The standard InChI is InChI=1S/C6H11N/c1-6-2-5(6)3-7-4-6/h5,7H,2-4H2,1H3. The first-order valence-corrected chi connectivity index (χ1v) is 3.02. The van der Waals surface area contributed by atoms with Gasteiger partial charge in [-0.05, 0) is 24.3 Å². The van der Waals surface area contributed by atoms with Crippen molar-refractivity contribution in [2.75, 3.05) is 13.1 Å². The van der Waals surface area contributed by atoms with Gasteiger partial charge in [-0.15, -0.1) is 0 Å². The van der Waals surface area contributed by atoms with Gasteiger partial charge in [-0.3, -0.25) is 0 Å². The molecule has 2 aliphatic rings. The van der Waals surface area contributed by atoms with Crippen molar-refractivity contribution in [3.05, 3.63) is 0 Å². The highest BCUT2D eigenvalue weighted by molar-refractivity contribution is 5.05. The molecule has 1 N–H and O–H groups in total. The Hall–Kier alpha value is -0.0400. The van der Waals surface area contributed by atoms with Crippen molar-refractivity contribution < 1.29 is 0 Å². The summed E-state index contributed by atoms with van der Waals surface area (Å²) < 4.78 is 0. The zero-order valence-electron chi connectivity index (χ0n) is 4.70. The lowest BCUT2D eigenvalue weighted by Gasteiger charge is -1.97. The van der Waals surface area contributed by atoms with Gasteiger partial charge in [-0.2, -0.15) is 0 Å². The lowest BCUT2D eigenvalue weighted by Crippen LogP contribution is -2.13. The number of piperidine rings is 1. The van der Waals surface area contributed by atoms with Crippen molar-refractivity contribution in [1.29, 1.82) is 0 Å². The van der Waals surface area contributed by atoms with E-state index in [0.717, 1.165) is 11.3 Å². The molecule has 1 nitrogen and oxygen atoms in total. The second kappa shape index (κ2) is 0.873. The molecule has 0 bridgehead atoms. The molecular formula is C6H11N. The summed E-state index contributed by atoms with van der Waals surface area (Å²) in [5, 5.41) is 3.36. The van der Waals surface area contributed by atoms with Crippen LogP contribution in [0.4, 0.5) is 0 Å². The summed E-state index contributed by atoms with van der Waals surface area (Å²) >= 11 is 0. The zero-order valence-corrected chi connectivity index (χ0v) is 4.70. The fourth-order valence-electron chi connectivity index (χ4n) is 1.57. The second-order valence-corrected chi connectivity index (χ2v) is 3.19. The van der Waals surface area contributed by atoms with Crippen LogP contribution in [0.15, 0.2) is 0 Å². The summed E-state index contributed by atoms with van der Waals surface area (Å²) in [5.41, 5.74) is 0.750. The van der Waals surface area contributed by atoms with Gasteiger partial charge in [0.15, 0.2) is 0 Å². The van der Waals surface area contributed by atoms with Crippen LogP contribution in [-0.2, 0) is 0 Å². The molecule has 40 valence electrons. The fraction of sp³-hybridized carbons (Fsp3) is 1.00. The lowest BCUT2D eigenvalue weighted by atomic mass is 10.1. The third kappa shape index (κ3) is 0.367. The van der Waals surface area contributed by atoms with Gasteiger partial charge >= 0.3 is 0 Å². The average molecular weight is 97.2 g/mol. The molecule has 0 aromatic rings. The van der Waals surface area contributed by atoms with E-state index < -0.39 is 0 Å². The Morgan fingerprint density at radius 1 is 1.71 bits per heavy atom. The number of hydrogen-bond acceptors (Lipinski definition) is 1. The highest BCUT2D eigenvalue weighted by atomic mass is 15.0. The van der Waals surface area contributed by atoms with Crippen LogP contribution >= 0.6 is 0 Å². The van der Waals surface area contributed by atoms with Crippen molar-refractivity contribution in [2.45, 2.75) is 13.3 Å². The Morgan fingerprint density at radius 2 is 2.57 bits per heavy atom. The van der Waals surface area contributed by atoms with E-state index in [2.05, 4.69) is 12.2 Å². The van der Waals surface area contributed by atoms with Gasteiger partial charge in [-0.1, -0.05) is 6.92 Å². The third-order valence-corrected chi connectivity index (χ3v) is 2.46. The maximum atomic E-state index is 3.36. The number of rotatable bonds is 0. The number of fused-ring (bicyclic) bond motifs is 1. The molecule has 7 heavy (non-hydrogen) atoms. The molecule has 0 aromatic heterocycles. The van der Waals surface area contributed by atoms with E-state index in [9.17, 15) is 0 Å². The Bertz CT molecular complexity index is 98.4. The van der Waals surface area contributed by atoms with E-state index in [1.54, 1.807) is 0 Å². The summed E-state index contributed by atoms with van der Waals surface area (Å²) in [7, 11) is 0. The minimum absolute atomic E-state index is 0.750. The molecule has 1 heterocycles. The Labute approximate surface area is 44.1 Å². The molecule has 1 aliphatic heterocycles. The highest BCUT2D eigenvalue weighted by Gasteiger charge is 2.52. The zero-order chi connectivity index (χ0) is 4.91. The summed E-state index contributed by atoms with van der Waals surface area (Å²) in [6.45, 7) is 4.94. The molecule has 2 fully saturated rings. The van der Waals surface area contributed by atoms with Gasteiger partial charge in [0.1, 0.15) is 0 Å². The molecule has 1 saturated heterocycles. The van der Waals surface area contributed by atoms with Crippen LogP contribution in [0.3, 0.4) is 0 Å². The van der Waals surface area contributed by atoms with E-state index in [4.69, 9.17) is 0 Å². The van der Waals surface area contributed by atoms with E-state index in [1.807, 2.05) is 0 Å². The van der Waals surface area contributed by atoms with Gasteiger partial charge in [-0.25, -0.2) is 0 Å². The molecule has 2 atom stereocenters. The van der Waals surface area contributed by atoms with Crippen molar-refractivity contribution >= 4 is 0 Å². The van der Waals surface area contributed by atoms with Gasteiger partial charge in [0, 0.05) is 6.54 Å². The van der Waals surface area contributed by atoms with Crippen LogP contribution in [0.5, 0.6) is 0 Å². The van der Waals surface area contributed by atoms with Crippen molar-refractivity contribution in [2.24, 2.45) is 11.3 Å².